The summed E-state index contributed by atoms with van der Waals surface area (Å²) in [5, 5.41) is 7.00. The number of rotatable bonds is 5. The molecule has 1 atom stereocenters. The summed E-state index contributed by atoms with van der Waals surface area (Å²) in [5.41, 5.74) is 2.27. The van der Waals surface area contributed by atoms with Gasteiger partial charge in [0.15, 0.2) is 5.76 Å². The second kappa shape index (κ2) is 7.86. The molecular weight excluding hydrogens is 354 g/mol. The average Bonchev–Trinajstić information content (AvgIpc) is 3.38. The number of para-hydroxylation sites is 1. The van der Waals surface area contributed by atoms with Crippen LogP contribution in [0.2, 0.25) is 0 Å². The third kappa shape index (κ3) is 3.92. The van der Waals surface area contributed by atoms with Gasteiger partial charge in [-0.3, -0.25) is 9.59 Å². The Labute approximate surface area is 163 Å². The minimum absolute atomic E-state index is 0.104. The number of benzene rings is 2. The Morgan fingerprint density at radius 3 is 2.68 bits per heavy atom. The summed E-state index contributed by atoms with van der Waals surface area (Å²) in [5.74, 6) is 0.0773. The van der Waals surface area contributed by atoms with Gasteiger partial charge in [-0.05, 0) is 42.8 Å². The third-order valence-electron chi connectivity index (χ3n) is 5.19. The minimum Gasteiger partial charge on any atom is -0.451 e. The van der Waals surface area contributed by atoms with Crippen LogP contribution in [0.3, 0.4) is 0 Å². The van der Waals surface area contributed by atoms with E-state index in [-0.39, 0.29) is 23.6 Å². The molecular formula is C22H23N3O3. The van der Waals surface area contributed by atoms with Crippen molar-refractivity contribution >= 4 is 28.5 Å². The van der Waals surface area contributed by atoms with E-state index in [4.69, 9.17) is 4.42 Å². The van der Waals surface area contributed by atoms with Crippen LogP contribution >= 0.6 is 0 Å². The molecule has 2 N–H and O–H groups in total. The van der Waals surface area contributed by atoms with Gasteiger partial charge in [0.1, 0.15) is 5.58 Å². The Bertz CT molecular complexity index is 955. The normalized spacial score (nSPS) is 16.2. The summed E-state index contributed by atoms with van der Waals surface area (Å²) < 4.78 is 5.59. The average molecular weight is 377 g/mol. The molecule has 2 heterocycles. The first kappa shape index (κ1) is 18.3. The SMILES string of the molecule is CN(C(=O)Cc1ccc(NC(=O)c2cc3ccccc3o2)cc1)C1CCNC1. The molecule has 4 rings (SSSR count). The Balaban J connectivity index is 1.37. The van der Waals surface area contributed by atoms with Crippen molar-refractivity contribution in [3.63, 3.8) is 0 Å². The van der Waals surface area contributed by atoms with E-state index in [1.54, 1.807) is 18.2 Å². The molecule has 0 bridgehead atoms. The van der Waals surface area contributed by atoms with Crippen LogP contribution in [0.25, 0.3) is 11.0 Å². The predicted octanol–water partition coefficient (Wildman–Crippen LogP) is 3.05. The molecule has 0 saturated carbocycles. The third-order valence-corrected chi connectivity index (χ3v) is 5.19. The van der Waals surface area contributed by atoms with E-state index in [1.807, 2.05) is 48.3 Å². The summed E-state index contributed by atoms with van der Waals surface area (Å²) >= 11 is 0. The molecule has 6 heteroatoms. The van der Waals surface area contributed by atoms with Crippen molar-refractivity contribution < 1.29 is 14.0 Å². The molecule has 1 aliphatic rings. The summed E-state index contributed by atoms with van der Waals surface area (Å²) in [4.78, 5) is 26.7. The first-order valence-electron chi connectivity index (χ1n) is 9.45. The van der Waals surface area contributed by atoms with Gasteiger partial charge in [0, 0.05) is 30.7 Å². The van der Waals surface area contributed by atoms with Crippen molar-refractivity contribution in [1.82, 2.24) is 10.2 Å². The van der Waals surface area contributed by atoms with E-state index in [1.165, 1.54) is 0 Å². The number of likely N-dealkylation sites (N-methyl/N-ethyl adjacent to an activating group) is 1. The highest BCUT2D eigenvalue weighted by Gasteiger charge is 2.23. The molecule has 1 saturated heterocycles. The molecule has 144 valence electrons. The molecule has 1 unspecified atom stereocenters. The maximum Gasteiger partial charge on any atom is 0.291 e. The lowest BCUT2D eigenvalue weighted by atomic mass is 10.1. The Kier molecular flexibility index (Phi) is 5.12. The van der Waals surface area contributed by atoms with Gasteiger partial charge in [0.25, 0.3) is 5.91 Å². The largest absolute Gasteiger partial charge is 0.451 e. The number of fused-ring (bicyclic) bond motifs is 1. The lowest BCUT2D eigenvalue weighted by Crippen LogP contribution is -2.39. The van der Waals surface area contributed by atoms with Gasteiger partial charge in [-0.25, -0.2) is 0 Å². The lowest BCUT2D eigenvalue weighted by Gasteiger charge is -2.23. The zero-order valence-electron chi connectivity index (χ0n) is 15.8. The van der Waals surface area contributed by atoms with Gasteiger partial charge in [-0.15, -0.1) is 0 Å². The fraction of sp³-hybridized carbons (Fsp3) is 0.273. The number of amides is 2. The summed E-state index contributed by atoms with van der Waals surface area (Å²) in [6, 6.07) is 16.9. The number of hydrogen-bond acceptors (Lipinski definition) is 4. The van der Waals surface area contributed by atoms with Crippen LogP contribution in [-0.2, 0) is 11.2 Å². The number of furan rings is 1. The van der Waals surface area contributed by atoms with E-state index in [9.17, 15) is 9.59 Å². The highest BCUT2D eigenvalue weighted by Crippen LogP contribution is 2.20. The fourth-order valence-electron chi connectivity index (χ4n) is 3.47. The molecule has 0 spiro atoms. The zero-order chi connectivity index (χ0) is 19.5. The number of anilines is 1. The van der Waals surface area contributed by atoms with E-state index >= 15 is 0 Å². The second-order valence-corrected chi connectivity index (χ2v) is 7.13. The summed E-state index contributed by atoms with van der Waals surface area (Å²) in [6.45, 7) is 1.82. The molecule has 1 aliphatic heterocycles. The quantitative estimate of drug-likeness (QED) is 0.717. The highest BCUT2D eigenvalue weighted by molar-refractivity contribution is 6.04. The van der Waals surface area contributed by atoms with Gasteiger partial charge >= 0.3 is 0 Å². The van der Waals surface area contributed by atoms with Gasteiger partial charge < -0.3 is 20.0 Å². The van der Waals surface area contributed by atoms with Crippen molar-refractivity contribution in [2.75, 3.05) is 25.5 Å². The molecule has 28 heavy (non-hydrogen) atoms. The number of carbonyl (C=O) groups excluding carboxylic acids is 2. The van der Waals surface area contributed by atoms with Crippen LogP contribution < -0.4 is 10.6 Å². The van der Waals surface area contributed by atoms with E-state index in [2.05, 4.69) is 10.6 Å². The van der Waals surface area contributed by atoms with Gasteiger partial charge in [-0.1, -0.05) is 30.3 Å². The molecule has 0 radical (unpaired) electrons. The number of nitrogens with zero attached hydrogens (tertiary/aromatic N) is 1. The minimum atomic E-state index is -0.298. The van der Waals surface area contributed by atoms with Crippen LogP contribution in [0.1, 0.15) is 22.5 Å². The molecule has 0 aliphatic carbocycles. The van der Waals surface area contributed by atoms with Crippen LogP contribution in [0.15, 0.2) is 59.0 Å². The number of hydrogen-bond donors (Lipinski definition) is 2. The molecule has 6 nitrogen and oxygen atoms in total. The topological polar surface area (TPSA) is 74.6 Å². The summed E-state index contributed by atoms with van der Waals surface area (Å²) in [7, 11) is 1.86. The second-order valence-electron chi connectivity index (χ2n) is 7.13. The molecule has 1 aromatic heterocycles. The van der Waals surface area contributed by atoms with Crippen molar-refractivity contribution in [3.05, 3.63) is 65.9 Å². The van der Waals surface area contributed by atoms with Crippen LogP contribution in [-0.4, -0.2) is 42.9 Å². The number of carbonyl (C=O) groups is 2. The first-order valence-corrected chi connectivity index (χ1v) is 9.45. The maximum atomic E-state index is 12.4. The fourth-order valence-corrected chi connectivity index (χ4v) is 3.47. The summed E-state index contributed by atoms with van der Waals surface area (Å²) in [6.07, 6.45) is 1.35. The van der Waals surface area contributed by atoms with Crippen molar-refractivity contribution in [1.29, 1.82) is 0 Å². The van der Waals surface area contributed by atoms with Crippen LogP contribution in [0.5, 0.6) is 0 Å². The first-order chi connectivity index (χ1) is 13.6. The van der Waals surface area contributed by atoms with Crippen LogP contribution in [0.4, 0.5) is 5.69 Å². The van der Waals surface area contributed by atoms with Crippen molar-refractivity contribution in [2.24, 2.45) is 0 Å². The zero-order valence-corrected chi connectivity index (χ0v) is 15.8. The van der Waals surface area contributed by atoms with Gasteiger partial charge in [-0.2, -0.15) is 0 Å². The van der Waals surface area contributed by atoms with Crippen molar-refractivity contribution in [3.8, 4) is 0 Å². The van der Waals surface area contributed by atoms with Gasteiger partial charge in [0.05, 0.1) is 6.42 Å². The smallest absolute Gasteiger partial charge is 0.291 e. The predicted molar refractivity (Wildman–Crippen MR) is 108 cm³/mol. The Morgan fingerprint density at radius 2 is 1.96 bits per heavy atom. The molecule has 3 aromatic rings. The van der Waals surface area contributed by atoms with E-state index in [0.29, 0.717) is 17.7 Å². The Hall–Kier alpha value is -3.12. The molecule has 1 fully saturated rings. The molecule has 2 aromatic carbocycles. The van der Waals surface area contributed by atoms with Crippen molar-refractivity contribution in [2.45, 2.75) is 18.9 Å². The lowest BCUT2D eigenvalue weighted by molar-refractivity contribution is -0.130. The standard InChI is InChI=1S/C22H23N3O3/c1-25(18-10-11-23-14-18)21(26)12-15-6-8-17(9-7-15)24-22(27)20-13-16-4-2-3-5-19(16)28-20/h2-9,13,18,23H,10-12,14H2,1H3,(H,24,27). The monoisotopic (exact) mass is 377 g/mol. The Morgan fingerprint density at radius 1 is 1.18 bits per heavy atom. The highest BCUT2D eigenvalue weighted by atomic mass is 16.3. The van der Waals surface area contributed by atoms with Gasteiger partial charge in [0.2, 0.25) is 5.91 Å². The molecule has 2 amide bonds. The van der Waals surface area contributed by atoms with Crippen LogP contribution in [0, 0.1) is 0 Å². The number of nitrogens with one attached hydrogen (secondary N) is 2. The van der Waals surface area contributed by atoms with E-state index in [0.717, 1.165) is 30.5 Å². The maximum absolute atomic E-state index is 12.4. The van der Waals surface area contributed by atoms with E-state index < -0.39 is 0 Å².